The zero-order valence-electron chi connectivity index (χ0n) is 14.6. The molecule has 0 fully saturated rings. The molecule has 0 spiro atoms. The van der Waals surface area contributed by atoms with Crippen LogP contribution in [0, 0.1) is 33.5 Å². The second-order valence-corrected chi connectivity index (χ2v) is 8.80. The molecule has 0 atom stereocenters. The lowest BCUT2D eigenvalue weighted by Crippen LogP contribution is -2.25. The second-order valence-electron chi connectivity index (χ2n) is 6.06. The summed E-state index contributed by atoms with van der Waals surface area (Å²) in [4.78, 5) is 16.3. The predicted octanol–water partition coefficient (Wildman–Crippen LogP) is 2.00. The predicted molar refractivity (Wildman–Crippen MR) is 96.5 cm³/mol. The van der Waals surface area contributed by atoms with E-state index in [4.69, 9.17) is 0 Å². The minimum Gasteiger partial charge on any atom is -0.264 e. The standard InChI is InChI=1S/C16H17FN4O3S2/c1-8-5-9(2)14(10(3)6-8)26(23,24)18-7-12-20-21-15(22)13(17)11(4)19-16(21)25-12/h5-6,18H,7H2,1-4H3. The summed E-state index contributed by atoms with van der Waals surface area (Å²) in [5.74, 6) is -0.967. The van der Waals surface area contributed by atoms with Gasteiger partial charge in [0.15, 0.2) is 0 Å². The largest absolute Gasteiger partial charge is 0.311 e. The molecule has 0 aliphatic heterocycles. The van der Waals surface area contributed by atoms with Crippen LogP contribution in [0.3, 0.4) is 0 Å². The maximum atomic E-state index is 13.6. The Hall–Kier alpha value is -2.17. The van der Waals surface area contributed by atoms with Gasteiger partial charge in [0, 0.05) is 0 Å². The Kier molecular flexibility index (Phi) is 4.67. The van der Waals surface area contributed by atoms with Crippen LogP contribution in [0.4, 0.5) is 4.39 Å². The molecule has 0 unspecified atom stereocenters. The fourth-order valence-corrected chi connectivity index (χ4v) is 5.26. The molecule has 1 aromatic carbocycles. The Morgan fingerprint density at radius 1 is 1.19 bits per heavy atom. The number of halogens is 1. The summed E-state index contributed by atoms with van der Waals surface area (Å²) in [7, 11) is -3.77. The molecule has 10 heteroatoms. The van der Waals surface area contributed by atoms with Crippen molar-refractivity contribution in [3.8, 4) is 0 Å². The highest BCUT2D eigenvalue weighted by atomic mass is 32.2. The SMILES string of the molecule is Cc1cc(C)c(S(=O)(=O)NCc2nn3c(=O)c(F)c(C)nc3s2)c(C)c1. The van der Waals surface area contributed by atoms with Crippen molar-refractivity contribution in [3.63, 3.8) is 0 Å². The second kappa shape index (κ2) is 6.53. The molecule has 0 aliphatic carbocycles. The summed E-state index contributed by atoms with van der Waals surface area (Å²) in [5, 5.41) is 4.27. The van der Waals surface area contributed by atoms with Gasteiger partial charge in [-0.25, -0.2) is 18.1 Å². The van der Waals surface area contributed by atoms with Gasteiger partial charge in [-0.1, -0.05) is 29.0 Å². The van der Waals surface area contributed by atoms with Crippen molar-refractivity contribution in [3.05, 3.63) is 55.7 Å². The Morgan fingerprint density at radius 3 is 2.42 bits per heavy atom. The molecule has 2 aromatic heterocycles. The molecule has 26 heavy (non-hydrogen) atoms. The maximum Gasteiger partial charge on any atom is 0.311 e. The average Bonchev–Trinajstić information content (AvgIpc) is 2.92. The molecule has 1 N–H and O–H groups in total. The first-order valence-corrected chi connectivity index (χ1v) is 10.0. The van der Waals surface area contributed by atoms with Crippen molar-refractivity contribution < 1.29 is 12.8 Å². The summed E-state index contributed by atoms with van der Waals surface area (Å²) in [6, 6.07) is 3.60. The minimum absolute atomic E-state index is 0.0170. The molecule has 0 saturated carbocycles. The van der Waals surface area contributed by atoms with Gasteiger partial charge in [0.1, 0.15) is 5.01 Å². The van der Waals surface area contributed by atoms with E-state index in [1.807, 2.05) is 6.92 Å². The van der Waals surface area contributed by atoms with Crippen LogP contribution in [0.2, 0.25) is 0 Å². The Morgan fingerprint density at radius 2 is 1.81 bits per heavy atom. The van der Waals surface area contributed by atoms with E-state index in [2.05, 4.69) is 14.8 Å². The van der Waals surface area contributed by atoms with Crippen LogP contribution in [0.25, 0.3) is 4.96 Å². The number of fused-ring (bicyclic) bond motifs is 1. The van der Waals surface area contributed by atoms with E-state index in [0.717, 1.165) is 21.4 Å². The number of aromatic nitrogens is 3. The lowest BCUT2D eigenvalue weighted by Gasteiger charge is -2.12. The number of nitrogens with one attached hydrogen (secondary N) is 1. The smallest absolute Gasteiger partial charge is 0.264 e. The molecule has 0 bridgehead atoms. The van der Waals surface area contributed by atoms with E-state index in [1.54, 1.807) is 26.0 Å². The molecule has 0 aliphatic rings. The molecule has 7 nitrogen and oxygen atoms in total. The van der Waals surface area contributed by atoms with E-state index >= 15 is 0 Å². The van der Waals surface area contributed by atoms with Crippen molar-refractivity contribution in [1.29, 1.82) is 0 Å². The van der Waals surface area contributed by atoms with Gasteiger partial charge in [-0.15, -0.1) is 0 Å². The van der Waals surface area contributed by atoms with Crippen molar-refractivity contribution >= 4 is 26.3 Å². The molecule has 0 saturated heterocycles. The maximum absolute atomic E-state index is 13.6. The highest BCUT2D eigenvalue weighted by Crippen LogP contribution is 2.22. The summed E-state index contributed by atoms with van der Waals surface area (Å²) >= 11 is 1.03. The Bertz CT molecular complexity index is 1160. The lowest BCUT2D eigenvalue weighted by molar-refractivity contribution is 0.574. The fraction of sp³-hybridized carbons (Fsp3) is 0.312. The van der Waals surface area contributed by atoms with Crippen molar-refractivity contribution in [2.24, 2.45) is 0 Å². The van der Waals surface area contributed by atoms with E-state index in [9.17, 15) is 17.6 Å². The molecule has 138 valence electrons. The highest BCUT2D eigenvalue weighted by Gasteiger charge is 2.21. The third-order valence-corrected chi connectivity index (χ3v) is 6.46. The molecule has 3 rings (SSSR count). The highest BCUT2D eigenvalue weighted by molar-refractivity contribution is 7.89. The normalized spacial score (nSPS) is 12.0. The van der Waals surface area contributed by atoms with Gasteiger partial charge < -0.3 is 0 Å². The van der Waals surface area contributed by atoms with Crippen molar-refractivity contribution in [2.45, 2.75) is 39.1 Å². The molecular formula is C16H17FN4O3S2. The van der Waals surface area contributed by atoms with Crippen molar-refractivity contribution in [1.82, 2.24) is 19.3 Å². The fourth-order valence-electron chi connectivity index (χ4n) is 2.86. The van der Waals surface area contributed by atoms with Gasteiger partial charge in [-0.05, 0) is 38.8 Å². The number of hydrogen-bond donors (Lipinski definition) is 1. The number of benzene rings is 1. The van der Waals surface area contributed by atoms with Crippen LogP contribution < -0.4 is 10.3 Å². The zero-order valence-corrected chi connectivity index (χ0v) is 16.3. The topological polar surface area (TPSA) is 93.4 Å². The molecule has 0 amide bonds. The zero-order chi connectivity index (χ0) is 19.2. The summed E-state index contributed by atoms with van der Waals surface area (Å²) in [5.41, 5.74) is 1.36. The van der Waals surface area contributed by atoms with Crippen LogP contribution >= 0.6 is 11.3 Å². The molecular weight excluding hydrogens is 379 g/mol. The van der Waals surface area contributed by atoms with Gasteiger partial charge in [0.05, 0.1) is 17.1 Å². The first-order valence-electron chi connectivity index (χ1n) is 7.72. The third-order valence-electron chi connectivity index (χ3n) is 3.85. The summed E-state index contributed by atoms with van der Waals surface area (Å²) in [6.07, 6.45) is 0. The van der Waals surface area contributed by atoms with Crippen LogP contribution in [0.1, 0.15) is 27.4 Å². The van der Waals surface area contributed by atoms with Gasteiger partial charge in [-0.2, -0.15) is 14.0 Å². The number of nitrogens with zero attached hydrogens (tertiary/aromatic N) is 3. The van der Waals surface area contributed by atoms with Crippen LogP contribution in [-0.4, -0.2) is 23.0 Å². The van der Waals surface area contributed by atoms with E-state index in [1.165, 1.54) is 6.92 Å². The van der Waals surface area contributed by atoms with E-state index in [-0.39, 0.29) is 22.1 Å². The van der Waals surface area contributed by atoms with E-state index < -0.39 is 21.4 Å². The van der Waals surface area contributed by atoms with Crippen LogP contribution in [-0.2, 0) is 16.6 Å². The molecule has 3 aromatic rings. The summed E-state index contributed by atoms with van der Waals surface area (Å²) < 4.78 is 42.3. The number of sulfonamides is 1. The van der Waals surface area contributed by atoms with Gasteiger partial charge in [-0.3, -0.25) is 4.79 Å². The Labute approximate surface area is 153 Å². The third kappa shape index (κ3) is 3.27. The quantitative estimate of drug-likeness (QED) is 0.728. The summed E-state index contributed by atoms with van der Waals surface area (Å²) in [6.45, 7) is 6.64. The van der Waals surface area contributed by atoms with Crippen LogP contribution in [0.5, 0.6) is 0 Å². The van der Waals surface area contributed by atoms with E-state index in [0.29, 0.717) is 16.1 Å². The lowest BCUT2D eigenvalue weighted by atomic mass is 10.1. The molecule has 2 heterocycles. The number of rotatable bonds is 4. The first kappa shape index (κ1) is 18.6. The number of aryl methyl sites for hydroxylation is 4. The average molecular weight is 396 g/mol. The number of hydrogen-bond acceptors (Lipinski definition) is 6. The van der Waals surface area contributed by atoms with Gasteiger partial charge in [0.2, 0.25) is 20.8 Å². The molecule has 0 radical (unpaired) electrons. The first-order chi connectivity index (χ1) is 12.1. The minimum atomic E-state index is -3.77. The van der Waals surface area contributed by atoms with Crippen LogP contribution in [0.15, 0.2) is 21.8 Å². The van der Waals surface area contributed by atoms with Crippen molar-refractivity contribution in [2.75, 3.05) is 0 Å². The van der Waals surface area contributed by atoms with Gasteiger partial charge >= 0.3 is 5.56 Å². The van der Waals surface area contributed by atoms with Gasteiger partial charge in [0.25, 0.3) is 0 Å². The monoisotopic (exact) mass is 396 g/mol. The Balaban J connectivity index is 1.93.